The van der Waals surface area contributed by atoms with Crippen molar-refractivity contribution in [2.75, 3.05) is 6.61 Å². The second-order valence-electron chi connectivity index (χ2n) is 3.07. The van der Waals surface area contributed by atoms with E-state index in [1.54, 1.807) is 6.92 Å². The number of Topliss-reactive ketones (excluding diaryl/α,β-unsaturated/α-hetero) is 1. The highest BCUT2D eigenvalue weighted by molar-refractivity contribution is 14.1. The van der Waals surface area contributed by atoms with Gasteiger partial charge >= 0.3 is 0 Å². The van der Waals surface area contributed by atoms with E-state index in [0.717, 1.165) is 20.4 Å². The lowest BCUT2D eigenvalue weighted by molar-refractivity contribution is 0.101. The third kappa shape index (κ3) is 2.47. The smallest absolute Gasteiger partial charge is 0.160 e. The van der Waals surface area contributed by atoms with Gasteiger partial charge in [-0.05, 0) is 61.1 Å². The van der Waals surface area contributed by atoms with E-state index in [1.807, 2.05) is 26.0 Å². The molecule has 1 rings (SSSR count). The van der Waals surface area contributed by atoms with Crippen LogP contribution >= 0.6 is 22.6 Å². The Morgan fingerprint density at radius 2 is 2.14 bits per heavy atom. The minimum absolute atomic E-state index is 0.0852. The third-order valence-corrected chi connectivity index (χ3v) is 3.13. The summed E-state index contributed by atoms with van der Waals surface area (Å²) in [4.78, 5) is 11.3. The molecule has 0 aliphatic heterocycles. The van der Waals surface area contributed by atoms with E-state index in [2.05, 4.69) is 22.6 Å². The molecule has 0 N–H and O–H groups in total. The number of ketones is 1. The molecule has 14 heavy (non-hydrogen) atoms. The first-order valence-corrected chi connectivity index (χ1v) is 5.58. The summed E-state index contributed by atoms with van der Waals surface area (Å²) in [6.45, 7) is 6.08. The Kier molecular flexibility index (Phi) is 3.92. The maximum absolute atomic E-state index is 11.3. The summed E-state index contributed by atoms with van der Waals surface area (Å²) >= 11 is 2.22. The van der Waals surface area contributed by atoms with Gasteiger partial charge in [-0.15, -0.1) is 0 Å². The molecular formula is C11H13IO2. The lowest BCUT2D eigenvalue weighted by atomic mass is 10.1. The monoisotopic (exact) mass is 304 g/mol. The van der Waals surface area contributed by atoms with Crippen molar-refractivity contribution >= 4 is 28.4 Å². The molecule has 0 atom stereocenters. The fourth-order valence-electron chi connectivity index (χ4n) is 1.27. The minimum atomic E-state index is 0.0852. The molecule has 0 saturated carbocycles. The fourth-order valence-corrected chi connectivity index (χ4v) is 1.87. The summed E-state index contributed by atoms with van der Waals surface area (Å²) in [5, 5.41) is 0. The van der Waals surface area contributed by atoms with E-state index >= 15 is 0 Å². The Balaban J connectivity index is 3.21. The molecule has 1 aromatic carbocycles. The van der Waals surface area contributed by atoms with Crippen LogP contribution in [0.2, 0.25) is 0 Å². The Labute approximate surface area is 97.8 Å². The largest absolute Gasteiger partial charge is 0.494 e. The highest BCUT2D eigenvalue weighted by Gasteiger charge is 2.09. The normalized spacial score (nSPS) is 10.0. The van der Waals surface area contributed by atoms with Crippen LogP contribution in [0.1, 0.15) is 29.8 Å². The zero-order valence-electron chi connectivity index (χ0n) is 8.56. The van der Waals surface area contributed by atoms with Gasteiger partial charge in [0.2, 0.25) is 0 Å². The Morgan fingerprint density at radius 1 is 1.50 bits per heavy atom. The van der Waals surface area contributed by atoms with Gasteiger partial charge in [0.25, 0.3) is 0 Å². The highest BCUT2D eigenvalue weighted by Crippen LogP contribution is 2.24. The van der Waals surface area contributed by atoms with Gasteiger partial charge in [-0.3, -0.25) is 4.79 Å². The van der Waals surface area contributed by atoms with Crippen molar-refractivity contribution in [3.05, 3.63) is 26.8 Å². The van der Waals surface area contributed by atoms with Crippen LogP contribution in [0.3, 0.4) is 0 Å². The summed E-state index contributed by atoms with van der Waals surface area (Å²) in [6.07, 6.45) is 0. The molecule has 0 unspecified atom stereocenters. The van der Waals surface area contributed by atoms with Gasteiger partial charge in [0, 0.05) is 9.13 Å². The van der Waals surface area contributed by atoms with Crippen LogP contribution < -0.4 is 4.74 Å². The average molecular weight is 304 g/mol. The van der Waals surface area contributed by atoms with Gasteiger partial charge < -0.3 is 4.74 Å². The molecule has 2 nitrogen and oxygen atoms in total. The predicted octanol–water partition coefficient (Wildman–Crippen LogP) is 3.20. The van der Waals surface area contributed by atoms with E-state index < -0.39 is 0 Å². The molecule has 0 aliphatic rings. The first kappa shape index (κ1) is 11.5. The number of hydrogen-bond acceptors (Lipinski definition) is 2. The predicted molar refractivity (Wildman–Crippen MR) is 65.1 cm³/mol. The number of ether oxygens (including phenoxy) is 1. The standard InChI is InChI=1S/C11H13IO2/c1-4-14-9-5-10(8(3)13)7(2)11(12)6-9/h5-6H,4H2,1-3H3. The summed E-state index contributed by atoms with van der Waals surface area (Å²) < 4.78 is 6.44. The molecule has 1 aromatic rings. The quantitative estimate of drug-likeness (QED) is 0.633. The van der Waals surface area contributed by atoms with Gasteiger partial charge in [0.05, 0.1) is 6.61 Å². The molecule has 3 heteroatoms. The first-order valence-electron chi connectivity index (χ1n) is 4.50. The topological polar surface area (TPSA) is 26.3 Å². The van der Waals surface area contributed by atoms with E-state index in [-0.39, 0.29) is 5.78 Å². The lowest BCUT2D eigenvalue weighted by Gasteiger charge is -2.09. The van der Waals surface area contributed by atoms with Crippen LogP contribution in [0.4, 0.5) is 0 Å². The molecule has 0 aromatic heterocycles. The maximum Gasteiger partial charge on any atom is 0.160 e. The molecule has 0 radical (unpaired) electrons. The van der Waals surface area contributed by atoms with Crippen LogP contribution in [0.25, 0.3) is 0 Å². The molecule has 0 bridgehead atoms. The Hall–Kier alpha value is -0.580. The summed E-state index contributed by atoms with van der Waals surface area (Å²) in [5.41, 5.74) is 1.78. The van der Waals surface area contributed by atoms with E-state index in [9.17, 15) is 4.79 Å². The van der Waals surface area contributed by atoms with Gasteiger partial charge in [0.15, 0.2) is 5.78 Å². The molecular weight excluding hydrogens is 291 g/mol. The van der Waals surface area contributed by atoms with E-state index in [1.165, 1.54) is 0 Å². The van der Waals surface area contributed by atoms with Gasteiger partial charge in [0.1, 0.15) is 5.75 Å². The van der Waals surface area contributed by atoms with Gasteiger partial charge in [-0.2, -0.15) is 0 Å². The highest BCUT2D eigenvalue weighted by atomic mass is 127. The second kappa shape index (κ2) is 4.77. The van der Waals surface area contributed by atoms with Gasteiger partial charge in [-0.1, -0.05) is 0 Å². The summed E-state index contributed by atoms with van der Waals surface area (Å²) in [7, 11) is 0. The number of halogens is 1. The summed E-state index contributed by atoms with van der Waals surface area (Å²) in [5.74, 6) is 0.856. The van der Waals surface area contributed by atoms with Crippen molar-refractivity contribution in [3.8, 4) is 5.75 Å². The SMILES string of the molecule is CCOc1cc(I)c(C)c(C(C)=O)c1. The number of carbonyl (C=O) groups is 1. The number of carbonyl (C=O) groups excluding carboxylic acids is 1. The van der Waals surface area contributed by atoms with Crippen LogP contribution in [0.5, 0.6) is 5.75 Å². The van der Waals surface area contributed by atoms with Gasteiger partial charge in [-0.25, -0.2) is 0 Å². The van der Waals surface area contributed by atoms with E-state index in [4.69, 9.17) is 4.74 Å². The number of hydrogen-bond donors (Lipinski definition) is 0. The fraction of sp³-hybridized carbons (Fsp3) is 0.364. The molecule has 0 aliphatic carbocycles. The van der Waals surface area contributed by atoms with Crippen molar-refractivity contribution in [1.29, 1.82) is 0 Å². The molecule has 0 heterocycles. The number of rotatable bonds is 3. The molecule has 0 saturated heterocycles. The molecule has 76 valence electrons. The second-order valence-corrected chi connectivity index (χ2v) is 4.23. The number of benzene rings is 1. The minimum Gasteiger partial charge on any atom is -0.494 e. The lowest BCUT2D eigenvalue weighted by Crippen LogP contribution is -2.01. The van der Waals surface area contributed by atoms with E-state index in [0.29, 0.717) is 6.61 Å². The average Bonchev–Trinajstić information content (AvgIpc) is 2.11. The zero-order chi connectivity index (χ0) is 10.7. The van der Waals surface area contributed by atoms with Crippen LogP contribution in [0.15, 0.2) is 12.1 Å². The van der Waals surface area contributed by atoms with Crippen molar-refractivity contribution in [3.63, 3.8) is 0 Å². The van der Waals surface area contributed by atoms with Crippen LogP contribution in [-0.2, 0) is 0 Å². The maximum atomic E-state index is 11.3. The van der Waals surface area contributed by atoms with Crippen molar-refractivity contribution in [2.24, 2.45) is 0 Å². The van der Waals surface area contributed by atoms with Crippen molar-refractivity contribution < 1.29 is 9.53 Å². The first-order chi connectivity index (χ1) is 6.56. The van der Waals surface area contributed by atoms with Crippen LogP contribution in [-0.4, -0.2) is 12.4 Å². The van der Waals surface area contributed by atoms with Crippen molar-refractivity contribution in [1.82, 2.24) is 0 Å². The molecule has 0 fully saturated rings. The Morgan fingerprint density at radius 3 is 2.64 bits per heavy atom. The molecule has 0 spiro atoms. The molecule has 0 amide bonds. The third-order valence-electron chi connectivity index (χ3n) is 2.01. The Bertz CT molecular complexity index is 359. The zero-order valence-corrected chi connectivity index (χ0v) is 10.7. The van der Waals surface area contributed by atoms with Crippen molar-refractivity contribution in [2.45, 2.75) is 20.8 Å². The van der Waals surface area contributed by atoms with Crippen LogP contribution in [0, 0.1) is 10.5 Å². The summed E-state index contributed by atoms with van der Waals surface area (Å²) in [6, 6.07) is 3.76.